The van der Waals surface area contributed by atoms with Crippen LogP contribution in [0.2, 0.25) is 0 Å². The van der Waals surface area contributed by atoms with E-state index in [2.05, 4.69) is 9.82 Å². The van der Waals surface area contributed by atoms with Gasteiger partial charge in [0.2, 0.25) is 10.0 Å². The number of hydrogen-bond donors (Lipinski definition) is 1. The second-order valence-corrected chi connectivity index (χ2v) is 7.79. The van der Waals surface area contributed by atoms with Crippen LogP contribution in [-0.2, 0) is 28.2 Å². The summed E-state index contributed by atoms with van der Waals surface area (Å²) < 4.78 is 35.9. The lowest BCUT2D eigenvalue weighted by atomic mass is 10.0. The van der Waals surface area contributed by atoms with Crippen LogP contribution in [0.4, 0.5) is 0 Å². The standard InChI is InChI=1S/C17H23N3O3S/c1-3-13-6-4-5-7-17(13)24(21,22)19-15-8-9-23-16(10-15)14-11-18-20(2)12-14/h4-7,11-12,15-16,19H,3,8-10H2,1-2H3. The number of sulfonamides is 1. The molecule has 2 atom stereocenters. The number of nitrogens with one attached hydrogen (secondary N) is 1. The van der Waals surface area contributed by atoms with Crippen molar-refractivity contribution < 1.29 is 13.2 Å². The molecule has 2 heterocycles. The molecule has 0 aliphatic carbocycles. The Labute approximate surface area is 142 Å². The van der Waals surface area contributed by atoms with E-state index in [0.29, 0.717) is 30.8 Å². The quantitative estimate of drug-likeness (QED) is 0.898. The maximum atomic E-state index is 12.8. The van der Waals surface area contributed by atoms with Gasteiger partial charge in [-0.05, 0) is 30.9 Å². The highest BCUT2D eigenvalue weighted by Gasteiger charge is 2.29. The summed E-state index contributed by atoms with van der Waals surface area (Å²) in [5.74, 6) is 0. The van der Waals surface area contributed by atoms with Crippen molar-refractivity contribution in [2.75, 3.05) is 6.61 Å². The maximum Gasteiger partial charge on any atom is 0.241 e. The smallest absolute Gasteiger partial charge is 0.241 e. The zero-order chi connectivity index (χ0) is 17.2. The van der Waals surface area contributed by atoms with Crippen LogP contribution in [0.1, 0.15) is 37.0 Å². The molecule has 24 heavy (non-hydrogen) atoms. The molecule has 1 saturated heterocycles. The number of rotatable bonds is 5. The predicted molar refractivity (Wildman–Crippen MR) is 91.1 cm³/mol. The molecule has 1 fully saturated rings. The fourth-order valence-electron chi connectivity index (χ4n) is 3.08. The van der Waals surface area contributed by atoms with Crippen molar-refractivity contribution in [1.82, 2.24) is 14.5 Å². The monoisotopic (exact) mass is 349 g/mol. The van der Waals surface area contributed by atoms with E-state index < -0.39 is 10.0 Å². The molecule has 3 rings (SSSR count). The summed E-state index contributed by atoms with van der Waals surface area (Å²) in [4.78, 5) is 0.372. The summed E-state index contributed by atoms with van der Waals surface area (Å²) in [6.07, 6.45) is 5.52. The first kappa shape index (κ1) is 17.1. The molecule has 0 amide bonds. The van der Waals surface area contributed by atoms with Gasteiger partial charge in [-0.1, -0.05) is 25.1 Å². The maximum absolute atomic E-state index is 12.8. The number of benzene rings is 1. The number of nitrogens with zero attached hydrogens (tertiary/aromatic N) is 2. The van der Waals surface area contributed by atoms with E-state index in [0.717, 1.165) is 11.1 Å². The minimum Gasteiger partial charge on any atom is -0.373 e. The minimum atomic E-state index is -3.53. The van der Waals surface area contributed by atoms with Crippen LogP contribution in [0, 0.1) is 0 Å². The van der Waals surface area contributed by atoms with Gasteiger partial charge in [-0.25, -0.2) is 13.1 Å². The van der Waals surface area contributed by atoms with Gasteiger partial charge in [-0.15, -0.1) is 0 Å². The first-order valence-electron chi connectivity index (χ1n) is 8.20. The summed E-state index contributed by atoms with van der Waals surface area (Å²) in [7, 11) is -1.67. The van der Waals surface area contributed by atoms with E-state index in [1.807, 2.05) is 32.3 Å². The summed E-state index contributed by atoms with van der Waals surface area (Å²) in [6, 6.07) is 7.01. The Bertz CT molecular complexity index is 801. The van der Waals surface area contributed by atoms with Crippen molar-refractivity contribution in [1.29, 1.82) is 0 Å². The lowest BCUT2D eigenvalue weighted by molar-refractivity contribution is 0.00400. The van der Waals surface area contributed by atoms with Crippen molar-refractivity contribution >= 4 is 10.0 Å². The Morgan fingerprint density at radius 2 is 2.17 bits per heavy atom. The number of ether oxygens (including phenoxy) is 1. The van der Waals surface area contributed by atoms with Crippen LogP contribution < -0.4 is 4.72 Å². The molecule has 1 N–H and O–H groups in total. The fraction of sp³-hybridized carbons (Fsp3) is 0.471. The van der Waals surface area contributed by atoms with Crippen molar-refractivity contribution in [3.63, 3.8) is 0 Å². The van der Waals surface area contributed by atoms with Crippen LogP contribution in [0.15, 0.2) is 41.6 Å². The van der Waals surface area contributed by atoms with Gasteiger partial charge < -0.3 is 4.74 Å². The SMILES string of the molecule is CCc1ccccc1S(=O)(=O)NC1CCOC(c2cnn(C)c2)C1. The molecule has 1 aromatic carbocycles. The van der Waals surface area contributed by atoms with Crippen LogP contribution in [0.25, 0.3) is 0 Å². The minimum absolute atomic E-state index is 0.124. The van der Waals surface area contributed by atoms with E-state index in [1.165, 1.54) is 0 Å². The van der Waals surface area contributed by atoms with E-state index in [9.17, 15) is 8.42 Å². The summed E-state index contributed by atoms with van der Waals surface area (Å²) in [6.45, 7) is 2.49. The zero-order valence-electron chi connectivity index (χ0n) is 14.0. The molecule has 0 radical (unpaired) electrons. The summed E-state index contributed by atoms with van der Waals surface area (Å²) in [5.41, 5.74) is 1.82. The highest BCUT2D eigenvalue weighted by molar-refractivity contribution is 7.89. The fourth-order valence-corrected chi connectivity index (χ4v) is 4.68. The highest BCUT2D eigenvalue weighted by atomic mass is 32.2. The predicted octanol–water partition coefficient (Wildman–Crippen LogP) is 2.18. The molecule has 0 saturated carbocycles. The molecule has 7 heteroatoms. The van der Waals surface area contributed by atoms with E-state index in [1.54, 1.807) is 23.0 Å². The zero-order valence-corrected chi connectivity index (χ0v) is 14.8. The van der Waals surface area contributed by atoms with E-state index in [4.69, 9.17) is 4.74 Å². The number of aryl methyl sites for hydroxylation is 2. The molecule has 6 nitrogen and oxygen atoms in total. The molecular formula is C17H23N3O3S. The largest absolute Gasteiger partial charge is 0.373 e. The highest BCUT2D eigenvalue weighted by Crippen LogP contribution is 2.29. The Balaban J connectivity index is 1.75. The van der Waals surface area contributed by atoms with Crippen LogP contribution in [-0.4, -0.2) is 30.8 Å². The topological polar surface area (TPSA) is 73.2 Å². The molecular weight excluding hydrogens is 326 g/mol. The molecule has 0 spiro atoms. The third-order valence-corrected chi connectivity index (χ3v) is 5.97. The van der Waals surface area contributed by atoms with Gasteiger partial charge >= 0.3 is 0 Å². The molecule has 2 unspecified atom stereocenters. The normalized spacial score (nSPS) is 21.8. The average Bonchev–Trinajstić information content (AvgIpc) is 3.01. The molecule has 130 valence electrons. The molecule has 1 aromatic heterocycles. The third kappa shape index (κ3) is 3.68. The Morgan fingerprint density at radius 3 is 2.88 bits per heavy atom. The van der Waals surface area contributed by atoms with Gasteiger partial charge in [-0.3, -0.25) is 4.68 Å². The Kier molecular flexibility index (Phi) is 5.03. The van der Waals surface area contributed by atoms with Gasteiger partial charge in [0, 0.05) is 31.5 Å². The first-order chi connectivity index (χ1) is 11.5. The second-order valence-electron chi connectivity index (χ2n) is 6.11. The van der Waals surface area contributed by atoms with Crippen molar-refractivity contribution in [2.24, 2.45) is 7.05 Å². The molecule has 0 bridgehead atoms. The van der Waals surface area contributed by atoms with Gasteiger partial charge in [0.25, 0.3) is 0 Å². The van der Waals surface area contributed by atoms with Crippen molar-refractivity contribution in [2.45, 2.75) is 43.2 Å². The van der Waals surface area contributed by atoms with Crippen LogP contribution in [0.5, 0.6) is 0 Å². The third-order valence-electron chi connectivity index (χ3n) is 4.35. The molecule has 2 aromatic rings. The number of aromatic nitrogens is 2. The van der Waals surface area contributed by atoms with Gasteiger partial charge in [0.05, 0.1) is 17.2 Å². The second kappa shape index (κ2) is 7.04. The summed E-state index contributed by atoms with van der Waals surface area (Å²) in [5, 5.41) is 4.16. The van der Waals surface area contributed by atoms with E-state index >= 15 is 0 Å². The van der Waals surface area contributed by atoms with Crippen LogP contribution in [0.3, 0.4) is 0 Å². The average molecular weight is 349 g/mol. The van der Waals surface area contributed by atoms with Crippen LogP contribution >= 0.6 is 0 Å². The lowest BCUT2D eigenvalue weighted by Crippen LogP contribution is -2.40. The Morgan fingerprint density at radius 1 is 1.38 bits per heavy atom. The van der Waals surface area contributed by atoms with Crippen molar-refractivity contribution in [3.05, 3.63) is 47.8 Å². The van der Waals surface area contributed by atoms with E-state index in [-0.39, 0.29) is 12.1 Å². The Hall–Kier alpha value is -1.70. The van der Waals surface area contributed by atoms with Gasteiger partial charge in [0.15, 0.2) is 0 Å². The first-order valence-corrected chi connectivity index (χ1v) is 9.68. The van der Waals surface area contributed by atoms with Crippen molar-refractivity contribution in [3.8, 4) is 0 Å². The van der Waals surface area contributed by atoms with Gasteiger partial charge in [0.1, 0.15) is 0 Å². The lowest BCUT2D eigenvalue weighted by Gasteiger charge is -2.29. The van der Waals surface area contributed by atoms with Gasteiger partial charge in [-0.2, -0.15) is 5.10 Å². The molecule has 1 aliphatic heterocycles. The summed E-state index contributed by atoms with van der Waals surface area (Å²) >= 11 is 0. The molecule has 1 aliphatic rings. The number of hydrogen-bond acceptors (Lipinski definition) is 4.